The van der Waals surface area contributed by atoms with E-state index in [9.17, 15) is 0 Å². The summed E-state index contributed by atoms with van der Waals surface area (Å²) < 4.78 is 20.9. The monoisotopic (exact) mass is 372 g/mol. The van der Waals surface area contributed by atoms with E-state index >= 15 is 4.39 Å². The molecule has 2 aromatic carbocycles. The van der Waals surface area contributed by atoms with Crippen molar-refractivity contribution in [1.29, 1.82) is 0 Å². The number of rotatable bonds is 7. The first-order valence-electron chi connectivity index (χ1n) is 8.79. The maximum atomic E-state index is 15.2. The summed E-state index contributed by atoms with van der Waals surface area (Å²) in [5.74, 6) is 0.170. The van der Waals surface area contributed by atoms with Gasteiger partial charge in [0, 0.05) is 30.3 Å². The Kier molecular flexibility index (Phi) is 6.07. The minimum absolute atomic E-state index is 0.0345. The van der Waals surface area contributed by atoms with Crippen LogP contribution in [-0.4, -0.2) is 12.3 Å². The number of hydrogen-bond donors (Lipinski definition) is 1. The Morgan fingerprint density at radius 1 is 1.23 bits per heavy atom. The first-order chi connectivity index (χ1) is 12.6. The van der Waals surface area contributed by atoms with Gasteiger partial charge in [0.1, 0.15) is 5.75 Å². The van der Waals surface area contributed by atoms with E-state index in [4.69, 9.17) is 16.3 Å². The summed E-state index contributed by atoms with van der Waals surface area (Å²) in [5.41, 5.74) is 1.52. The molecule has 5 heteroatoms. The van der Waals surface area contributed by atoms with Gasteiger partial charge in [0.05, 0.1) is 10.7 Å². The van der Waals surface area contributed by atoms with Gasteiger partial charge in [0.2, 0.25) is 0 Å². The number of para-hydroxylation sites is 1. The van der Waals surface area contributed by atoms with Crippen LogP contribution in [0.15, 0.2) is 59.2 Å². The number of halogens is 2. The van der Waals surface area contributed by atoms with Gasteiger partial charge >= 0.3 is 0 Å². The average molecular weight is 373 g/mol. The van der Waals surface area contributed by atoms with Gasteiger partial charge in [-0.3, -0.25) is 4.99 Å². The molecule has 0 saturated heterocycles. The zero-order valence-electron chi connectivity index (χ0n) is 14.9. The Labute approximate surface area is 158 Å². The molecule has 0 fully saturated rings. The van der Waals surface area contributed by atoms with Crippen molar-refractivity contribution in [2.24, 2.45) is 4.99 Å². The minimum Gasteiger partial charge on any atom is -0.453 e. The van der Waals surface area contributed by atoms with E-state index in [-0.39, 0.29) is 22.9 Å². The maximum Gasteiger partial charge on any atom is 0.181 e. The summed E-state index contributed by atoms with van der Waals surface area (Å²) in [6.45, 7) is 4.05. The molecule has 26 heavy (non-hydrogen) atoms. The van der Waals surface area contributed by atoms with Gasteiger partial charge in [-0.25, -0.2) is 4.39 Å². The van der Waals surface area contributed by atoms with E-state index in [2.05, 4.69) is 16.4 Å². The molecule has 1 aliphatic rings. The number of nitrogens with zero attached hydrogens (tertiary/aromatic N) is 1. The summed E-state index contributed by atoms with van der Waals surface area (Å²) in [6.07, 6.45) is 5.53. The lowest BCUT2D eigenvalue weighted by molar-refractivity contribution is 0.417. The fourth-order valence-corrected chi connectivity index (χ4v) is 3.19. The summed E-state index contributed by atoms with van der Waals surface area (Å²) in [7, 11) is 0. The number of aliphatic imine (C=N–C) groups is 1. The summed E-state index contributed by atoms with van der Waals surface area (Å²) in [4.78, 5) is 4.36. The molecule has 0 aliphatic carbocycles. The molecule has 3 rings (SSSR count). The molecule has 0 amide bonds. The van der Waals surface area contributed by atoms with Crippen LogP contribution in [-0.2, 0) is 0 Å². The third kappa shape index (κ3) is 4.14. The molecule has 0 unspecified atom stereocenters. The molecule has 1 N–H and O–H groups in total. The number of ether oxygens (including phenoxy) is 1. The van der Waals surface area contributed by atoms with Crippen LogP contribution < -0.4 is 10.1 Å². The van der Waals surface area contributed by atoms with Crippen molar-refractivity contribution in [2.45, 2.75) is 38.8 Å². The summed E-state index contributed by atoms with van der Waals surface area (Å²) in [6, 6.07) is 12.3. The van der Waals surface area contributed by atoms with Gasteiger partial charge in [-0.2, -0.15) is 0 Å². The number of allylic oxidation sites excluding steroid dienone is 1. The van der Waals surface area contributed by atoms with Crippen molar-refractivity contribution in [3.8, 4) is 11.5 Å². The Bertz CT molecular complexity index is 820. The quantitative estimate of drug-likeness (QED) is 0.641. The highest BCUT2D eigenvalue weighted by atomic mass is 35.5. The first-order valence-corrected chi connectivity index (χ1v) is 9.17. The first kappa shape index (κ1) is 18.6. The highest BCUT2D eigenvalue weighted by molar-refractivity contribution is 6.32. The second kappa shape index (κ2) is 8.47. The van der Waals surface area contributed by atoms with Crippen molar-refractivity contribution >= 4 is 17.8 Å². The van der Waals surface area contributed by atoms with Crippen LogP contribution in [0.1, 0.15) is 38.3 Å². The molecular weight excluding hydrogens is 351 g/mol. The van der Waals surface area contributed by atoms with Gasteiger partial charge in [0.15, 0.2) is 11.6 Å². The van der Waals surface area contributed by atoms with Crippen LogP contribution in [0.4, 0.5) is 4.39 Å². The van der Waals surface area contributed by atoms with Crippen LogP contribution >= 0.6 is 11.6 Å². The minimum atomic E-state index is -0.434. The predicted octanol–water partition coefficient (Wildman–Crippen LogP) is 6.06. The molecule has 2 aromatic rings. The largest absolute Gasteiger partial charge is 0.453 e. The van der Waals surface area contributed by atoms with E-state index in [1.807, 2.05) is 38.3 Å². The van der Waals surface area contributed by atoms with Gasteiger partial charge in [-0.15, -0.1) is 0 Å². The van der Waals surface area contributed by atoms with Crippen molar-refractivity contribution < 1.29 is 9.13 Å². The van der Waals surface area contributed by atoms with E-state index < -0.39 is 5.82 Å². The molecule has 1 heterocycles. The molecule has 3 nitrogen and oxygen atoms in total. The van der Waals surface area contributed by atoms with E-state index in [1.165, 1.54) is 0 Å². The van der Waals surface area contributed by atoms with Crippen molar-refractivity contribution in [3.05, 3.63) is 70.6 Å². The third-order valence-corrected chi connectivity index (χ3v) is 4.69. The second-order valence-corrected chi connectivity index (χ2v) is 6.63. The molecule has 1 aliphatic heterocycles. The Morgan fingerprint density at radius 2 is 2.00 bits per heavy atom. The maximum absolute atomic E-state index is 15.2. The molecule has 0 saturated carbocycles. The molecule has 0 aromatic heterocycles. The second-order valence-electron chi connectivity index (χ2n) is 6.22. The molecule has 0 radical (unpaired) electrons. The molecule has 0 spiro atoms. The lowest BCUT2D eigenvalue weighted by Gasteiger charge is -2.24. The lowest BCUT2D eigenvalue weighted by atomic mass is 10.0. The van der Waals surface area contributed by atoms with Gasteiger partial charge in [-0.1, -0.05) is 48.9 Å². The topological polar surface area (TPSA) is 33.6 Å². The average Bonchev–Trinajstić information content (AvgIpc) is 3.19. The smallest absolute Gasteiger partial charge is 0.181 e. The highest BCUT2D eigenvalue weighted by Gasteiger charge is 2.23. The van der Waals surface area contributed by atoms with Crippen LogP contribution in [0, 0.1) is 5.82 Å². The van der Waals surface area contributed by atoms with Gasteiger partial charge in [0.25, 0.3) is 0 Å². The van der Waals surface area contributed by atoms with Crippen LogP contribution in [0.25, 0.3) is 0 Å². The predicted molar refractivity (Wildman–Crippen MR) is 105 cm³/mol. The molecule has 136 valence electrons. The normalized spacial score (nSPS) is 15.6. The Hall–Kier alpha value is -2.17. The number of hydrogen-bond acceptors (Lipinski definition) is 3. The Morgan fingerprint density at radius 3 is 2.65 bits per heavy atom. The van der Waals surface area contributed by atoms with Crippen LogP contribution in [0.5, 0.6) is 11.5 Å². The van der Waals surface area contributed by atoms with Crippen LogP contribution in [0.3, 0.4) is 0 Å². The standard InChI is InChI=1S/C21H22ClFN2O/c1-3-18(25-14(2)19-10-7-13-24-19)16-11-12-17(22)21(20(16)23)26-15-8-5-4-6-9-15/h4-6,8-14,18,25H,3,7H2,1-2H3/t14-,18-/m0/s1. The SMILES string of the molecule is CC[C@H](N[C@@H](C)C1=CCC=N1)c1ccc(Cl)c(Oc2ccccc2)c1F. The molecule has 0 bridgehead atoms. The van der Waals surface area contributed by atoms with E-state index in [0.29, 0.717) is 11.3 Å². The van der Waals surface area contributed by atoms with Crippen molar-refractivity contribution in [2.75, 3.05) is 0 Å². The molecule has 2 atom stereocenters. The van der Waals surface area contributed by atoms with Crippen LogP contribution in [0.2, 0.25) is 5.02 Å². The fourth-order valence-electron chi connectivity index (χ4n) is 3.00. The number of benzene rings is 2. The van der Waals surface area contributed by atoms with Crippen molar-refractivity contribution in [3.63, 3.8) is 0 Å². The summed E-state index contributed by atoms with van der Waals surface area (Å²) in [5, 5.41) is 3.71. The van der Waals surface area contributed by atoms with Gasteiger partial charge < -0.3 is 10.1 Å². The zero-order chi connectivity index (χ0) is 18.5. The van der Waals surface area contributed by atoms with Gasteiger partial charge in [-0.05, 0) is 31.5 Å². The summed E-state index contributed by atoms with van der Waals surface area (Å²) >= 11 is 6.19. The Balaban J connectivity index is 1.86. The fraction of sp³-hybridized carbons (Fsp3) is 0.286. The highest BCUT2D eigenvalue weighted by Crippen LogP contribution is 2.36. The zero-order valence-corrected chi connectivity index (χ0v) is 15.6. The number of nitrogens with one attached hydrogen (secondary N) is 1. The molecular formula is C21H22ClFN2O. The van der Waals surface area contributed by atoms with Crippen molar-refractivity contribution in [1.82, 2.24) is 5.32 Å². The lowest BCUT2D eigenvalue weighted by Crippen LogP contribution is -2.31. The third-order valence-electron chi connectivity index (χ3n) is 4.39. The van der Waals surface area contributed by atoms with E-state index in [1.54, 1.807) is 24.3 Å². The van der Waals surface area contributed by atoms with E-state index in [0.717, 1.165) is 18.5 Å².